The lowest BCUT2D eigenvalue weighted by Gasteiger charge is -2.14. The fraction of sp³-hybridized carbons (Fsp3) is 0.111. The zero-order valence-electron chi connectivity index (χ0n) is 12.8. The summed E-state index contributed by atoms with van der Waals surface area (Å²) in [7, 11) is 0. The number of hydrogen-bond acceptors (Lipinski definition) is 3. The van der Waals surface area contributed by atoms with Gasteiger partial charge < -0.3 is 11.1 Å². The molecule has 5 heteroatoms. The summed E-state index contributed by atoms with van der Waals surface area (Å²) in [4.78, 5) is 12.4. The lowest BCUT2D eigenvalue weighted by Crippen LogP contribution is -2.27. The number of hydrogen-bond donors (Lipinski definition) is 2. The van der Waals surface area contributed by atoms with Crippen LogP contribution in [-0.2, 0) is 0 Å². The molecule has 23 heavy (non-hydrogen) atoms. The van der Waals surface area contributed by atoms with Crippen molar-refractivity contribution in [2.45, 2.75) is 13.0 Å². The fourth-order valence-corrected chi connectivity index (χ4v) is 2.41. The molecule has 5 nitrogen and oxygen atoms in total. The standard InChI is InChI=1S/C18H18N4O/c1-13(14-8-4-2-5-9-14)21-18(23)16-12-20-22(17(16)19)15-10-6-3-7-11-15/h2-13H,19H2,1H3,(H,21,23)/t13-/m1/s1. The number of nitrogens with two attached hydrogens (primary N) is 1. The molecule has 3 aromatic rings. The highest BCUT2D eigenvalue weighted by Gasteiger charge is 2.18. The van der Waals surface area contributed by atoms with E-state index >= 15 is 0 Å². The second-order valence-electron chi connectivity index (χ2n) is 5.30. The van der Waals surface area contributed by atoms with Crippen LogP contribution in [0.4, 0.5) is 5.82 Å². The summed E-state index contributed by atoms with van der Waals surface area (Å²) in [5.41, 5.74) is 8.32. The summed E-state index contributed by atoms with van der Waals surface area (Å²) < 4.78 is 1.56. The number of benzene rings is 2. The van der Waals surface area contributed by atoms with Crippen LogP contribution in [0.25, 0.3) is 5.69 Å². The van der Waals surface area contributed by atoms with Gasteiger partial charge >= 0.3 is 0 Å². The Balaban J connectivity index is 1.80. The first-order chi connectivity index (χ1) is 11.2. The predicted molar refractivity (Wildman–Crippen MR) is 90.3 cm³/mol. The molecule has 0 unspecified atom stereocenters. The van der Waals surface area contributed by atoms with E-state index in [1.165, 1.54) is 6.20 Å². The topological polar surface area (TPSA) is 72.9 Å². The quantitative estimate of drug-likeness (QED) is 0.778. The Kier molecular flexibility index (Phi) is 4.10. The average molecular weight is 306 g/mol. The van der Waals surface area contributed by atoms with Crippen molar-refractivity contribution in [1.82, 2.24) is 15.1 Å². The number of amides is 1. The van der Waals surface area contributed by atoms with E-state index in [0.29, 0.717) is 11.4 Å². The van der Waals surface area contributed by atoms with Gasteiger partial charge in [0.2, 0.25) is 0 Å². The van der Waals surface area contributed by atoms with E-state index < -0.39 is 0 Å². The highest BCUT2D eigenvalue weighted by molar-refractivity contribution is 5.98. The summed E-state index contributed by atoms with van der Waals surface area (Å²) in [6.45, 7) is 1.94. The zero-order chi connectivity index (χ0) is 16.2. The molecular weight excluding hydrogens is 288 g/mol. The molecule has 1 amide bonds. The highest BCUT2D eigenvalue weighted by atomic mass is 16.1. The van der Waals surface area contributed by atoms with Crippen molar-refractivity contribution in [3.05, 3.63) is 78.0 Å². The Morgan fingerprint density at radius 3 is 2.35 bits per heavy atom. The molecule has 0 aliphatic heterocycles. The highest BCUT2D eigenvalue weighted by Crippen LogP contribution is 2.18. The van der Waals surface area contributed by atoms with Crippen LogP contribution in [0.5, 0.6) is 0 Å². The van der Waals surface area contributed by atoms with Crippen molar-refractivity contribution in [3.8, 4) is 5.69 Å². The van der Waals surface area contributed by atoms with Gasteiger partial charge in [0.15, 0.2) is 0 Å². The fourth-order valence-electron chi connectivity index (χ4n) is 2.41. The monoisotopic (exact) mass is 306 g/mol. The van der Waals surface area contributed by atoms with E-state index in [0.717, 1.165) is 11.3 Å². The normalized spacial score (nSPS) is 11.9. The van der Waals surface area contributed by atoms with Crippen LogP contribution in [-0.4, -0.2) is 15.7 Å². The number of para-hydroxylation sites is 1. The van der Waals surface area contributed by atoms with Crippen LogP contribution < -0.4 is 11.1 Å². The van der Waals surface area contributed by atoms with Gasteiger partial charge in [-0.3, -0.25) is 4.79 Å². The van der Waals surface area contributed by atoms with E-state index in [4.69, 9.17) is 5.73 Å². The smallest absolute Gasteiger partial charge is 0.257 e. The minimum absolute atomic E-state index is 0.108. The predicted octanol–water partition coefficient (Wildman–Crippen LogP) is 2.95. The van der Waals surface area contributed by atoms with Gasteiger partial charge in [0.05, 0.1) is 17.9 Å². The molecule has 0 bridgehead atoms. The van der Waals surface area contributed by atoms with Gasteiger partial charge in [0.1, 0.15) is 11.4 Å². The molecule has 116 valence electrons. The summed E-state index contributed by atoms with van der Waals surface area (Å²) >= 11 is 0. The van der Waals surface area contributed by atoms with Crippen LogP contribution in [0.15, 0.2) is 66.9 Å². The Labute approximate surface area is 134 Å². The molecule has 1 atom stereocenters. The number of anilines is 1. The first-order valence-corrected chi connectivity index (χ1v) is 7.41. The molecule has 3 N–H and O–H groups in total. The lowest BCUT2D eigenvalue weighted by molar-refractivity contribution is 0.0941. The third-order valence-corrected chi connectivity index (χ3v) is 3.70. The van der Waals surface area contributed by atoms with E-state index in [-0.39, 0.29) is 11.9 Å². The third kappa shape index (κ3) is 3.08. The maximum absolute atomic E-state index is 12.4. The number of rotatable bonds is 4. The molecule has 0 aliphatic rings. The molecular formula is C18H18N4O. The van der Waals surface area contributed by atoms with Crippen molar-refractivity contribution >= 4 is 11.7 Å². The van der Waals surface area contributed by atoms with E-state index in [1.54, 1.807) is 4.68 Å². The van der Waals surface area contributed by atoms with Crippen molar-refractivity contribution in [2.24, 2.45) is 0 Å². The zero-order valence-corrected chi connectivity index (χ0v) is 12.8. The van der Waals surface area contributed by atoms with E-state index in [1.807, 2.05) is 67.6 Å². The van der Waals surface area contributed by atoms with Gasteiger partial charge in [0, 0.05) is 0 Å². The largest absolute Gasteiger partial charge is 0.383 e. The molecule has 0 fully saturated rings. The molecule has 0 spiro atoms. The Morgan fingerprint density at radius 1 is 1.09 bits per heavy atom. The molecule has 1 heterocycles. The Bertz CT molecular complexity index is 796. The average Bonchev–Trinajstić information content (AvgIpc) is 2.98. The molecule has 0 aliphatic carbocycles. The molecule has 3 rings (SSSR count). The van der Waals surface area contributed by atoms with Gasteiger partial charge in [-0.05, 0) is 24.6 Å². The van der Waals surface area contributed by atoms with Gasteiger partial charge in [-0.25, -0.2) is 4.68 Å². The molecule has 2 aromatic carbocycles. The molecule has 0 saturated carbocycles. The van der Waals surface area contributed by atoms with E-state index in [2.05, 4.69) is 10.4 Å². The Morgan fingerprint density at radius 2 is 1.70 bits per heavy atom. The number of carbonyl (C=O) groups excluding carboxylic acids is 1. The van der Waals surface area contributed by atoms with Crippen LogP contribution in [0.1, 0.15) is 28.9 Å². The first kappa shape index (κ1) is 14.8. The maximum Gasteiger partial charge on any atom is 0.257 e. The number of carbonyl (C=O) groups is 1. The minimum atomic E-state index is -0.235. The number of aromatic nitrogens is 2. The summed E-state index contributed by atoms with van der Waals surface area (Å²) in [5.74, 6) is 0.0926. The summed E-state index contributed by atoms with van der Waals surface area (Å²) in [6, 6.07) is 19.2. The van der Waals surface area contributed by atoms with Gasteiger partial charge in [-0.2, -0.15) is 5.10 Å². The van der Waals surface area contributed by atoms with Crippen molar-refractivity contribution in [3.63, 3.8) is 0 Å². The van der Waals surface area contributed by atoms with Crippen molar-refractivity contribution in [1.29, 1.82) is 0 Å². The second kappa shape index (κ2) is 6.36. The summed E-state index contributed by atoms with van der Waals surface area (Å²) in [5, 5.41) is 7.16. The van der Waals surface area contributed by atoms with Crippen LogP contribution >= 0.6 is 0 Å². The van der Waals surface area contributed by atoms with Crippen molar-refractivity contribution < 1.29 is 4.79 Å². The molecule has 0 radical (unpaired) electrons. The maximum atomic E-state index is 12.4. The van der Waals surface area contributed by atoms with Gasteiger partial charge in [-0.1, -0.05) is 48.5 Å². The van der Waals surface area contributed by atoms with E-state index in [9.17, 15) is 4.79 Å². The molecule has 1 aromatic heterocycles. The third-order valence-electron chi connectivity index (χ3n) is 3.70. The summed E-state index contributed by atoms with van der Waals surface area (Å²) in [6.07, 6.45) is 1.50. The first-order valence-electron chi connectivity index (χ1n) is 7.41. The SMILES string of the molecule is C[C@@H](NC(=O)c1cnn(-c2ccccc2)c1N)c1ccccc1. The van der Waals surface area contributed by atoms with Crippen molar-refractivity contribution in [2.75, 3.05) is 5.73 Å². The van der Waals surface area contributed by atoms with Crippen LogP contribution in [0, 0.1) is 0 Å². The number of nitrogen functional groups attached to an aromatic ring is 1. The second-order valence-corrected chi connectivity index (χ2v) is 5.30. The minimum Gasteiger partial charge on any atom is -0.383 e. The van der Waals surface area contributed by atoms with Crippen LogP contribution in [0.3, 0.4) is 0 Å². The number of nitrogens with zero attached hydrogens (tertiary/aromatic N) is 2. The Hall–Kier alpha value is -3.08. The lowest BCUT2D eigenvalue weighted by atomic mass is 10.1. The molecule has 0 saturated heterocycles. The van der Waals surface area contributed by atoms with Crippen LogP contribution in [0.2, 0.25) is 0 Å². The number of nitrogens with one attached hydrogen (secondary N) is 1. The van der Waals surface area contributed by atoms with Gasteiger partial charge in [0.25, 0.3) is 5.91 Å². The van der Waals surface area contributed by atoms with Gasteiger partial charge in [-0.15, -0.1) is 0 Å².